The van der Waals surface area contributed by atoms with Crippen LogP contribution in [-0.4, -0.2) is 4.98 Å². The molecular weight excluding hydrogens is 202 g/mol. The molecule has 1 aromatic heterocycles. The van der Waals surface area contributed by atoms with Crippen LogP contribution in [-0.2, 0) is 6.42 Å². The molecule has 1 heterocycles. The van der Waals surface area contributed by atoms with Crippen LogP contribution in [0.5, 0.6) is 0 Å². The Morgan fingerprint density at radius 1 is 1.33 bits per heavy atom. The van der Waals surface area contributed by atoms with Crippen LogP contribution in [0.3, 0.4) is 0 Å². The highest BCUT2D eigenvalue weighted by Gasteiger charge is 2.14. The van der Waals surface area contributed by atoms with Gasteiger partial charge in [-0.25, -0.2) is 4.98 Å². The molecule has 2 heteroatoms. The summed E-state index contributed by atoms with van der Waals surface area (Å²) in [7, 11) is 0. The van der Waals surface area contributed by atoms with Crippen LogP contribution in [0.25, 0.3) is 16.6 Å². The second-order valence-corrected chi connectivity index (χ2v) is 4.78. The zero-order chi connectivity index (χ0) is 10.3. The van der Waals surface area contributed by atoms with Crippen LogP contribution >= 0.6 is 11.3 Å². The van der Waals surface area contributed by atoms with Gasteiger partial charge in [0.2, 0.25) is 0 Å². The predicted molar refractivity (Wildman–Crippen MR) is 64.9 cm³/mol. The molecule has 0 bridgehead atoms. The number of thiazole rings is 1. The molecule has 0 spiro atoms. The van der Waals surface area contributed by atoms with E-state index in [-0.39, 0.29) is 0 Å². The van der Waals surface area contributed by atoms with Crippen molar-refractivity contribution in [2.75, 3.05) is 0 Å². The molecule has 0 unspecified atom stereocenters. The molecule has 15 heavy (non-hydrogen) atoms. The van der Waals surface area contributed by atoms with Crippen molar-refractivity contribution in [1.82, 2.24) is 4.98 Å². The number of benzene rings is 1. The first-order chi connectivity index (χ1) is 7.34. The number of aromatic nitrogens is 1. The van der Waals surface area contributed by atoms with Gasteiger partial charge in [-0.3, -0.25) is 0 Å². The quantitative estimate of drug-likeness (QED) is 0.702. The molecule has 0 saturated heterocycles. The number of fused-ring (bicyclic) bond motifs is 1. The van der Waals surface area contributed by atoms with E-state index < -0.39 is 0 Å². The van der Waals surface area contributed by atoms with Gasteiger partial charge in [0.15, 0.2) is 0 Å². The second-order valence-electron chi connectivity index (χ2n) is 3.88. The Labute approximate surface area is 93.1 Å². The van der Waals surface area contributed by atoms with Crippen LogP contribution in [0.4, 0.5) is 0 Å². The molecule has 0 atom stereocenters. The summed E-state index contributed by atoms with van der Waals surface area (Å²) in [6.45, 7) is 2.19. The molecule has 1 nitrogen and oxygen atoms in total. The third-order valence-corrected chi connectivity index (χ3v) is 3.53. The number of nitrogens with zero attached hydrogens (tertiary/aromatic N) is 1. The number of allylic oxidation sites excluding steroid dienone is 1. The zero-order valence-corrected chi connectivity index (χ0v) is 9.34. The molecule has 2 aromatic rings. The maximum atomic E-state index is 4.38. The highest BCUT2D eigenvalue weighted by Crippen LogP contribution is 2.34. The maximum Gasteiger partial charge on any atom is 0.123 e. The summed E-state index contributed by atoms with van der Waals surface area (Å²) >= 11 is 1.70. The molecule has 0 fully saturated rings. The van der Waals surface area contributed by atoms with Crippen LogP contribution in [0, 0.1) is 0 Å². The largest absolute Gasteiger partial charge is 0.245 e. The van der Waals surface area contributed by atoms with Crippen molar-refractivity contribution in [3.8, 4) is 10.6 Å². The molecular formula is C13H11NS. The summed E-state index contributed by atoms with van der Waals surface area (Å²) in [5, 5.41) is 3.15. The molecule has 1 aliphatic carbocycles. The van der Waals surface area contributed by atoms with Crippen LogP contribution < -0.4 is 0 Å². The van der Waals surface area contributed by atoms with E-state index in [1.54, 1.807) is 11.3 Å². The Bertz CT molecular complexity index is 523. The molecule has 1 aliphatic rings. The van der Waals surface area contributed by atoms with Gasteiger partial charge in [0, 0.05) is 17.1 Å². The van der Waals surface area contributed by atoms with Gasteiger partial charge in [-0.2, -0.15) is 0 Å². The number of rotatable bonds is 1. The highest BCUT2D eigenvalue weighted by atomic mass is 32.1. The summed E-state index contributed by atoms with van der Waals surface area (Å²) in [5.74, 6) is 0. The third-order valence-electron chi connectivity index (χ3n) is 2.72. The Kier molecular flexibility index (Phi) is 1.96. The van der Waals surface area contributed by atoms with Crippen LogP contribution in [0.1, 0.15) is 18.1 Å². The molecule has 1 aromatic carbocycles. The van der Waals surface area contributed by atoms with Crippen molar-refractivity contribution in [2.45, 2.75) is 13.3 Å². The summed E-state index contributed by atoms with van der Waals surface area (Å²) < 4.78 is 0. The topological polar surface area (TPSA) is 12.9 Å². The monoisotopic (exact) mass is 213 g/mol. The van der Waals surface area contributed by atoms with Gasteiger partial charge in [0.05, 0.1) is 0 Å². The van der Waals surface area contributed by atoms with Gasteiger partial charge >= 0.3 is 0 Å². The van der Waals surface area contributed by atoms with E-state index in [0.29, 0.717) is 0 Å². The normalized spacial score (nSPS) is 13.8. The van der Waals surface area contributed by atoms with Gasteiger partial charge in [-0.1, -0.05) is 29.8 Å². The minimum absolute atomic E-state index is 1.09. The Morgan fingerprint density at radius 3 is 3.07 bits per heavy atom. The lowest BCUT2D eigenvalue weighted by Crippen LogP contribution is -1.86. The summed E-state index contributed by atoms with van der Waals surface area (Å²) in [6, 6.07) is 6.49. The molecule has 74 valence electrons. The van der Waals surface area contributed by atoms with E-state index >= 15 is 0 Å². The van der Waals surface area contributed by atoms with Crippen molar-refractivity contribution in [1.29, 1.82) is 0 Å². The first-order valence-corrected chi connectivity index (χ1v) is 5.91. The van der Waals surface area contributed by atoms with Crippen LogP contribution in [0.2, 0.25) is 0 Å². The van der Waals surface area contributed by atoms with Gasteiger partial charge in [-0.05, 0) is 24.5 Å². The Balaban J connectivity index is 2.22. The molecule has 0 N–H and O–H groups in total. The lowest BCUT2D eigenvalue weighted by molar-refractivity contribution is 1.19. The minimum Gasteiger partial charge on any atom is -0.245 e. The van der Waals surface area contributed by atoms with Crippen molar-refractivity contribution >= 4 is 17.4 Å². The van der Waals surface area contributed by atoms with Crippen molar-refractivity contribution in [3.63, 3.8) is 0 Å². The van der Waals surface area contributed by atoms with Crippen LogP contribution in [0.15, 0.2) is 35.3 Å². The van der Waals surface area contributed by atoms with Crippen molar-refractivity contribution in [3.05, 3.63) is 46.5 Å². The second kappa shape index (κ2) is 3.31. The van der Waals surface area contributed by atoms with Crippen molar-refractivity contribution in [2.24, 2.45) is 0 Å². The molecule has 0 amide bonds. The smallest absolute Gasteiger partial charge is 0.123 e. The summed E-state index contributed by atoms with van der Waals surface area (Å²) in [4.78, 5) is 4.38. The molecule has 0 aliphatic heterocycles. The van der Waals surface area contributed by atoms with E-state index in [4.69, 9.17) is 0 Å². The lowest BCUT2D eigenvalue weighted by atomic mass is 10.0. The van der Waals surface area contributed by atoms with Gasteiger partial charge in [0.25, 0.3) is 0 Å². The van der Waals surface area contributed by atoms with E-state index in [1.165, 1.54) is 22.3 Å². The fourth-order valence-electron chi connectivity index (χ4n) is 2.08. The van der Waals surface area contributed by atoms with E-state index in [2.05, 4.69) is 36.2 Å². The molecule has 3 rings (SSSR count). The van der Waals surface area contributed by atoms with E-state index in [9.17, 15) is 0 Å². The highest BCUT2D eigenvalue weighted by molar-refractivity contribution is 7.13. The summed E-state index contributed by atoms with van der Waals surface area (Å²) in [5.41, 5.74) is 5.51. The molecule has 0 saturated carbocycles. The summed E-state index contributed by atoms with van der Waals surface area (Å²) in [6.07, 6.45) is 5.24. The standard InChI is InChI=1S/C13H11NS/c1-9-7-10-3-2-4-11(12(10)8-9)13-14-5-6-15-13/h2-6,8H,7H2,1H3. The first kappa shape index (κ1) is 8.86. The number of hydrogen-bond donors (Lipinski definition) is 0. The fraction of sp³-hybridized carbons (Fsp3) is 0.154. The predicted octanol–water partition coefficient (Wildman–Crippen LogP) is 3.77. The average molecular weight is 213 g/mol. The third kappa shape index (κ3) is 1.41. The fourth-order valence-corrected chi connectivity index (χ4v) is 2.76. The van der Waals surface area contributed by atoms with Gasteiger partial charge < -0.3 is 0 Å². The minimum atomic E-state index is 1.09. The lowest BCUT2D eigenvalue weighted by Gasteiger charge is -2.03. The van der Waals surface area contributed by atoms with Crippen molar-refractivity contribution < 1.29 is 0 Å². The average Bonchev–Trinajstić information content (AvgIpc) is 2.82. The number of hydrogen-bond acceptors (Lipinski definition) is 2. The Morgan fingerprint density at radius 2 is 2.27 bits per heavy atom. The van der Waals surface area contributed by atoms with E-state index in [1.807, 2.05) is 11.6 Å². The van der Waals surface area contributed by atoms with Gasteiger partial charge in [0.1, 0.15) is 5.01 Å². The first-order valence-electron chi connectivity index (χ1n) is 5.03. The maximum absolute atomic E-state index is 4.38. The molecule has 0 radical (unpaired) electrons. The zero-order valence-electron chi connectivity index (χ0n) is 8.53. The SMILES string of the molecule is CC1=Cc2c(cccc2-c2nccs2)C1. The van der Waals surface area contributed by atoms with Gasteiger partial charge in [-0.15, -0.1) is 11.3 Å². The van der Waals surface area contributed by atoms with E-state index in [0.717, 1.165) is 11.4 Å². The Hall–Kier alpha value is -1.41.